The van der Waals surface area contributed by atoms with Crippen LogP contribution in [0.4, 0.5) is 0 Å². The van der Waals surface area contributed by atoms with E-state index in [1.807, 2.05) is 19.1 Å². The van der Waals surface area contributed by atoms with Crippen molar-refractivity contribution in [1.82, 2.24) is 9.62 Å². The molecule has 1 aromatic carbocycles. The monoisotopic (exact) mass is 360 g/mol. The lowest BCUT2D eigenvalue weighted by Gasteiger charge is -2.35. The summed E-state index contributed by atoms with van der Waals surface area (Å²) in [7, 11) is -1.38. The molecule has 1 fully saturated rings. The van der Waals surface area contributed by atoms with Crippen LogP contribution in [-0.4, -0.2) is 39.0 Å². The first kappa shape index (κ1) is 15.9. The number of nitrogens with zero attached hydrogens (tertiary/aromatic N) is 1. The zero-order valence-corrected chi connectivity index (χ0v) is 14.5. The molecule has 2 atom stereocenters. The van der Waals surface area contributed by atoms with Crippen molar-refractivity contribution >= 4 is 26.0 Å². The molecule has 0 radical (unpaired) electrons. The van der Waals surface area contributed by atoms with Crippen LogP contribution in [0.15, 0.2) is 27.6 Å². The summed E-state index contributed by atoms with van der Waals surface area (Å²) in [5.41, 5.74) is 0.765. The van der Waals surface area contributed by atoms with E-state index in [9.17, 15) is 8.42 Å². The van der Waals surface area contributed by atoms with Gasteiger partial charge in [-0.05, 0) is 58.0 Å². The van der Waals surface area contributed by atoms with Crippen molar-refractivity contribution in [2.45, 2.75) is 43.7 Å². The van der Waals surface area contributed by atoms with E-state index < -0.39 is 10.0 Å². The molecule has 1 heterocycles. The molecule has 2 unspecified atom stereocenters. The van der Waals surface area contributed by atoms with Gasteiger partial charge in [0.25, 0.3) is 0 Å². The molecule has 0 saturated carbocycles. The van der Waals surface area contributed by atoms with Crippen molar-refractivity contribution in [3.05, 3.63) is 28.2 Å². The summed E-state index contributed by atoms with van der Waals surface area (Å²) in [5.74, 6) is 0. The number of sulfonamides is 1. The summed E-state index contributed by atoms with van der Waals surface area (Å²) in [6.45, 7) is 4.87. The number of piperidine rings is 1. The van der Waals surface area contributed by atoms with Crippen LogP contribution in [0.5, 0.6) is 0 Å². The molecule has 0 aromatic heterocycles. The average Bonchev–Trinajstić information content (AvgIpc) is 2.36. The van der Waals surface area contributed by atoms with Crippen molar-refractivity contribution in [1.29, 1.82) is 0 Å². The summed E-state index contributed by atoms with van der Waals surface area (Å²) in [6, 6.07) is 5.75. The van der Waals surface area contributed by atoms with Crippen molar-refractivity contribution < 1.29 is 8.42 Å². The molecular formula is C14H21BrN2O2S. The van der Waals surface area contributed by atoms with Gasteiger partial charge in [0, 0.05) is 16.6 Å². The molecule has 112 valence electrons. The highest BCUT2D eigenvalue weighted by atomic mass is 79.9. The number of benzene rings is 1. The summed E-state index contributed by atoms with van der Waals surface area (Å²) in [4.78, 5) is 2.62. The summed E-state index contributed by atoms with van der Waals surface area (Å²) < 4.78 is 28.7. The Bertz CT molecular complexity index is 589. The van der Waals surface area contributed by atoms with Gasteiger partial charge < -0.3 is 4.90 Å². The number of rotatable bonds is 3. The summed E-state index contributed by atoms with van der Waals surface area (Å²) in [5, 5.41) is 0. The third kappa shape index (κ3) is 3.61. The maximum absolute atomic E-state index is 12.5. The molecule has 1 aromatic rings. The highest BCUT2D eigenvalue weighted by Gasteiger charge is 2.27. The van der Waals surface area contributed by atoms with Gasteiger partial charge in [0.1, 0.15) is 0 Å². The van der Waals surface area contributed by atoms with E-state index in [2.05, 4.69) is 39.5 Å². The Morgan fingerprint density at radius 3 is 2.75 bits per heavy atom. The Morgan fingerprint density at radius 2 is 2.10 bits per heavy atom. The minimum absolute atomic E-state index is 0.0181. The molecule has 1 N–H and O–H groups in total. The fourth-order valence-electron chi connectivity index (χ4n) is 2.54. The van der Waals surface area contributed by atoms with Gasteiger partial charge in [-0.25, -0.2) is 13.1 Å². The number of likely N-dealkylation sites (tertiary alicyclic amines) is 1. The van der Waals surface area contributed by atoms with Gasteiger partial charge >= 0.3 is 0 Å². The fraction of sp³-hybridized carbons (Fsp3) is 0.571. The zero-order chi connectivity index (χ0) is 14.9. The first-order chi connectivity index (χ1) is 9.29. The molecule has 1 saturated heterocycles. The van der Waals surface area contributed by atoms with E-state index >= 15 is 0 Å². The number of halogens is 1. The number of hydrogen-bond donors (Lipinski definition) is 1. The quantitative estimate of drug-likeness (QED) is 0.900. The molecule has 1 aliphatic heterocycles. The van der Waals surface area contributed by atoms with Crippen LogP contribution in [0.1, 0.15) is 25.3 Å². The summed E-state index contributed by atoms with van der Waals surface area (Å²) in [6.07, 6.45) is 1.70. The highest BCUT2D eigenvalue weighted by molar-refractivity contribution is 9.10. The number of hydrogen-bond acceptors (Lipinski definition) is 3. The minimum Gasteiger partial charge on any atom is -0.304 e. The second-order valence-electron chi connectivity index (χ2n) is 5.58. The van der Waals surface area contributed by atoms with Crippen molar-refractivity contribution in [3.8, 4) is 0 Å². The van der Waals surface area contributed by atoms with Gasteiger partial charge in [-0.3, -0.25) is 0 Å². The highest BCUT2D eigenvalue weighted by Crippen LogP contribution is 2.23. The maximum atomic E-state index is 12.5. The first-order valence-electron chi connectivity index (χ1n) is 6.78. The van der Waals surface area contributed by atoms with Crippen LogP contribution < -0.4 is 4.72 Å². The second kappa shape index (κ2) is 6.13. The maximum Gasteiger partial charge on any atom is 0.241 e. The van der Waals surface area contributed by atoms with E-state index in [0.29, 0.717) is 10.9 Å². The Morgan fingerprint density at radius 1 is 1.40 bits per heavy atom. The third-order valence-electron chi connectivity index (χ3n) is 3.97. The molecule has 0 aliphatic carbocycles. The molecule has 20 heavy (non-hydrogen) atoms. The summed E-state index contributed by atoms with van der Waals surface area (Å²) >= 11 is 3.33. The fourth-order valence-corrected chi connectivity index (χ4v) is 4.61. The SMILES string of the molecule is Cc1ccc(Br)cc1S(=O)(=O)NC1CCN(C)C(C)C1. The molecule has 4 nitrogen and oxygen atoms in total. The van der Waals surface area contributed by atoms with Gasteiger partial charge in [0.2, 0.25) is 10.0 Å². The van der Waals surface area contributed by atoms with Crippen LogP contribution in [0.2, 0.25) is 0 Å². The predicted octanol–water partition coefficient (Wildman–Crippen LogP) is 2.52. The van der Waals surface area contributed by atoms with E-state index in [1.165, 1.54) is 0 Å². The van der Waals surface area contributed by atoms with Gasteiger partial charge in [-0.1, -0.05) is 22.0 Å². The van der Waals surface area contributed by atoms with Gasteiger partial charge in [0.15, 0.2) is 0 Å². The standard InChI is InChI=1S/C14H21BrN2O2S/c1-10-4-5-12(15)9-14(10)20(18,19)16-13-6-7-17(3)11(2)8-13/h4-5,9,11,13,16H,6-8H2,1-3H3. The van der Waals surface area contributed by atoms with Gasteiger partial charge in [-0.15, -0.1) is 0 Å². The van der Waals surface area contributed by atoms with Crippen molar-refractivity contribution in [2.75, 3.05) is 13.6 Å². The van der Waals surface area contributed by atoms with Crippen LogP contribution in [0.25, 0.3) is 0 Å². The Labute approximate surface area is 129 Å². The van der Waals surface area contributed by atoms with Crippen LogP contribution in [0, 0.1) is 6.92 Å². The Balaban J connectivity index is 2.17. The molecule has 0 bridgehead atoms. The normalized spacial score (nSPS) is 24.8. The molecule has 0 amide bonds. The average molecular weight is 361 g/mol. The van der Waals surface area contributed by atoms with E-state index in [-0.39, 0.29) is 6.04 Å². The van der Waals surface area contributed by atoms with Crippen LogP contribution in [-0.2, 0) is 10.0 Å². The zero-order valence-electron chi connectivity index (χ0n) is 12.1. The van der Waals surface area contributed by atoms with Gasteiger partial charge in [-0.2, -0.15) is 0 Å². The lowest BCUT2D eigenvalue weighted by molar-refractivity contribution is 0.178. The van der Waals surface area contributed by atoms with Crippen molar-refractivity contribution in [3.63, 3.8) is 0 Å². The number of aryl methyl sites for hydroxylation is 1. The van der Waals surface area contributed by atoms with E-state index in [4.69, 9.17) is 0 Å². The number of nitrogens with one attached hydrogen (secondary N) is 1. The Hall–Kier alpha value is -0.430. The van der Waals surface area contributed by atoms with Gasteiger partial charge in [0.05, 0.1) is 4.90 Å². The van der Waals surface area contributed by atoms with Crippen molar-refractivity contribution in [2.24, 2.45) is 0 Å². The second-order valence-corrected chi connectivity index (χ2v) is 8.18. The Kier molecular flexibility index (Phi) is 4.89. The first-order valence-corrected chi connectivity index (χ1v) is 9.06. The topological polar surface area (TPSA) is 49.4 Å². The molecule has 6 heteroatoms. The smallest absolute Gasteiger partial charge is 0.241 e. The largest absolute Gasteiger partial charge is 0.304 e. The van der Waals surface area contributed by atoms with E-state index in [1.54, 1.807) is 6.07 Å². The predicted molar refractivity (Wildman–Crippen MR) is 84.3 cm³/mol. The molecule has 2 rings (SSSR count). The molecule has 0 spiro atoms. The lowest BCUT2D eigenvalue weighted by atomic mass is 10.0. The van der Waals surface area contributed by atoms with Crippen LogP contribution >= 0.6 is 15.9 Å². The lowest BCUT2D eigenvalue weighted by Crippen LogP contribution is -2.47. The molecular weight excluding hydrogens is 340 g/mol. The third-order valence-corrected chi connectivity index (χ3v) is 6.13. The minimum atomic E-state index is -3.45. The van der Waals surface area contributed by atoms with Crippen LogP contribution in [0.3, 0.4) is 0 Å². The van der Waals surface area contributed by atoms with E-state index in [0.717, 1.165) is 29.4 Å². The molecule has 1 aliphatic rings.